The largest absolute Gasteiger partial charge is 0.389 e. The quantitative estimate of drug-likeness (QED) is 0.843. The third-order valence-electron chi connectivity index (χ3n) is 3.79. The molecule has 108 valence electrons. The second-order valence-electron chi connectivity index (χ2n) is 5.12. The van der Waals surface area contributed by atoms with Gasteiger partial charge in [-0.1, -0.05) is 6.92 Å². The van der Waals surface area contributed by atoms with E-state index in [0.717, 1.165) is 25.8 Å². The highest BCUT2D eigenvalue weighted by Crippen LogP contribution is 2.39. The van der Waals surface area contributed by atoms with Gasteiger partial charge >= 0.3 is 6.18 Å². The summed E-state index contributed by atoms with van der Waals surface area (Å²) >= 11 is 1.74. The van der Waals surface area contributed by atoms with Crippen LogP contribution in [0.1, 0.15) is 49.0 Å². The van der Waals surface area contributed by atoms with Crippen LogP contribution in [0, 0.1) is 0 Å². The maximum absolute atomic E-state index is 12.4. The van der Waals surface area contributed by atoms with E-state index in [1.54, 1.807) is 11.3 Å². The molecule has 2 unspecified atom stereocenters. The van der Waals surface area contributed by atoms with Crippen molar-refractivity contribution in [2.75, 3.05) is 6.54 Å². The molecule has 1 aliphatic rings. The molecule has 5 heteroatoms. The van der Waals surface area contributed by atoms with Crippen molar-refractivity contribution in [3.63, 3.8) is 0 Å². The molecule has 0 fully saturated rings. The van der Waals surface area contributed by atoms with E-state index in [2.05, 4.69) is 16.8 Å². The lowest BCUT2D eigenvalue weighted by Crippen LogP contribution is -2.37. The Hall–Kier alpha value is -0.550. The summed E-state index contributed by atoms with van der Waals surface area (Å²) < 4.78 is 37.3. The van der Waals surface area contributed by atoms with Gasteiger partial charge in [0.05, 0.1) is 0 Å². The maximum atomic E-state index is 12.4. The molecule has 0 amide bonds. The summed E-state index contributed by atoms with van der Waals surface area (Å²) in [5.74, 6) is 0.247. The van der Waals surface area contributed by atoms with E-state index in [1.807, 2.05) is 6.92 Å². The summed E-state index contributed by atoms with van der Waals surface area (Å²) in [6.45, 7) is 2.68. The number of fused-ring (bicyclic) bond motifs is 1. The van der Waals surface area contributed by atoms with Gasteiger partial charge in [-0.3, -0.25) is 0 Å². The van der Waals surface area contributed by atoms with Crippen molar-refractivity contribution in [3.05, 3.63) is 21.9 Å². The van der Waals surface area contributed by atoms with Crippen LogP contribution in [0.4, 0.5) is 13.2 Å². The predicted molar refractivity (Wildman–Crippen MR) is 72.8 cm³/mol. The number of alkyl halides is 3. The zero-order valence-corrected chi connectivity index (χ0v) is 11.9. The van der Waals surface area contributed by atoms with E-state index in [-0.39, 0.29) is 18.4 Å². The number of hydrogen-bond donors (Lipinski definition) is 1. The molecule has 2 atom stereocenters. The summed E-state index contributed by atoms with van der Waals surface area (Å²) in [4.78, 5) is 1.37. The van der Waals surface area contributed by atoms with Gasteiger partial charge in [-0.25, -0.2) is 0 Å². The van der Waals surface area contributed by atoms with Gasteiger partial charge in [0.25, 0.3) is 0 Å². The molecule has 1 heterocycles. The van der Waals surface area contributed by atoms with Crippen molar-refractivity contribution >= 4 is 11.3 Å². The lowest BCUT2D eigenvalue weighted by molar-refractivity contribution is -0.137. The highest BCUT2D eigenvalue weighted by molar-refractivity contribution is 7.10. The molecule has 1 aromatic rings. The van der Waals surface area contributed by atoms with Crippen LogP contribution in [0.3, 0.4) is 0 Å². The minimum atomic E-state index is -4.06. The first kappa shape index (κ1) is 14.9. The molecule has 1 aromatic heterocycles. The standard InChI is InChI=1S/C14H20F3NS/c1-2-18-12(6-8-14(15,16)17)10-4-3-5-13-11(10)7-9-19-13/h7,9-10,12,18H,2-6,8H2,1H3. The Bertz CT molecular complexity index is 400. The fourth-order valence-corrected chi connectivity index (χ4v) is 3.96. The van der Waals surface area contributed by atoms with Gasteiger partial charge in [-0.2, -0.15) is 13.2 Å². The van der Waals surface area contributed by atoms with Crippen LogP contribution < -0.4 is 5.32 Å². The average Bonchev–Trinajstić information content (AvgIpc) is 2.81. The maximum Gasteiger partial charge on any atom is 0.389 e. The van der Waals surface area contributed by atoms with Crippen LogP contribution in [-0.2, 0) is 6.42 Å². The van der Waals surface area contributed by atoms with Crippen molar-refractivity contribution in [1.29, 1.82) is 0 Å². The third-order valence-corrected chi connectivity index (χ3v) is 4.79. The molecule has 0 aliphatic heterocycles. The normalized spacial score (nSPS) is 21.2. The summed E-state index contributed by atoms with van der Waals surface area (Å²) in [6.07, 6.45) is -1.40. The first-order valence-corrected chi connectivity index (χ1v) is 7.75. The van der Waals surface area contributed by atoms with Crippen LogP contribution in [-0.4, -0.2) is 18.8 Å². The number of aryl methyl sites for hydroxylation is 1. The highest BCUT2D eigenvalue weighted by Gasteiger charge is 2.33. The Kier molecular flexibility index (Phi) is 4.90. The van der Waals surface area contributed by atoms with E-state index >= 15 is 0 Å². The van der Waals surface area contributed by atoms with Crippen LogP contribution in [0.5, 0.6) is 0 Å². The molecule has 19 heavy (non-hydrogen) atoms. The highest BCUT2D eigenvalue weighted by atomic mass is 32.1. The van der Waals surface area contributed by atoms with Gasteiger partial charge in [0.15, 0.2) is 0 Å². The summed E-state index contributed by atoms with van der Waals surface area (Å²) in [5.41, 5.74) is 1.28. The molecule has 1 aliphatic carbocycles. The molecule has 0 saturated carbocycles. The number of hydrogen-bond acceptors (Lipinski definition) is 2. The van der Waals surface area contributed by atoms with Crippen LogP contribution in [0.15, 0.2) is 11.4 Å². The zero-order valence-electron chi connectivity index (χ0n) is 11.1. The third kappa shape index (κ3) is 3.96. The van der Waals surface area contributed by atoms with Crippen molar-refractivity contribution in [2.45, 2.75) is 57.2 Å². The minimum absolute atomic E-state index is 0.0553. The van der Waals surface area contributed by atoms with E-state index in [9.17, 15) is 13.2 Å². The Morgan fingerprint density at radius 1 is 1.47 bits per heavy atom. The molecule has 0 saturated heterocycles. The van der Waals surface area contributed by atoms with E-state index in [1.165, 1.54) is 10.4 Å². The first-order chi connectivity index (χ1) is 9.01. The number of halogens is 3. The van der Waals surface area contributed by atoms with Crippen molar-refractivity contribution < 1.29 is 13.2 Å². The lowest BCUT2D eigenvalue weighted by Gasteiger charge is -2.31. The smallest absolute Gasteiger partial charge is 0.314 e. The van der Waals surface area contributed by atoms with Gasteiger partial charge in [-0.15, -0.1) is 11.3 Å². The molecule has 0 bridgehead atoms. The van der Waals surface area contributed by atoms with Crippen LogP contribution in [0.2, 0.25) is 0 Å². The number of thiophene rings is 1. The van der Waals surface area contributed by atoms with Gasteiger partial charge < -0.3 is 5.32 Å². The Balaban J connectivity index is 2.08. The summed E-state index contributed by atoms with van der Waals surface area (Å²) in [7, 11) is 0. The molecule has 0 aromatic carbocycles. The SMILES string of the molecule is CCNC(CCC(F)(F)F)C1CCCc2sccc21. The molecular formula is C14H20F3NS. The monoisotopic (exact) mass is 291 g/mol. The van der Waals surface area contributed by atoms with Crippen molar-refractivity contribution in [2.24, 2.45) is 0 Å². The minimum Gasteiger partial charge on any atom is -0.314 e. The Morgan fingerprint density at radius 2 is 2.26 bits per heavy atom. The fourth-order valence-electron chi connectivity index (χ4n) is 2.97. The summed E-state index contributed by atoms with van der Waals surface area (Å²) in [5, 5.41) is 5.33. The topological polar surface area (TPSA) is 12.0 Å². The zero-order chi connectivity index (χ0) is 13.9. The van der Waals surface area contributed by atoms with Gasteiger partial charge in [-0.05, 0) is 49.2 Å². The Morgan fingerprint density at radius 3 is 2.95 bits per heavy atom. The molecular weight excluding hydrogens is 271 g/mol. The second kappa shape index (κ2) is 6.27. The lowest BCUT2D eigenvalue weighted by atomic mass is 9.81. The Labute approximate surface area is 116 Å². The van der Waals surface area contributed by atoms with Crippen molar-refractivity contribution in [1.82, 2.24) is 5.32 Å². The van der Waals surface area contributed by atoms with E-state index < -0.39 is 12.6 Å². The van der Waals surface area contributed by atoms with Crippen molar-refractivity contribution in [3.8, 4) is 0 Å². The van der Waals surface area contributed by atoms with Gasteiger partial charge in [0.2, 0.25) is 0 Å². The van der Waals surface area contributed by atoms with Crippen LogP contribution >= 0.6 is 11.3 Å². The molecule has 2 rings (SSSR count). The van der Waals surface area contributed by atoms with Gasteiger partial charge in [0.1, 0.15) is 0 Å². The fraction of sp³-hybridized carbons (Fsp3) is 0.714. The van der Waals surface area contributed by atoms with E-state index in [4.69, 9.17) is 0 Å². The second-order valence-corrected chi connectivity index (χ2v) is 6.12. The average molecular weight is 291 g/mol. The van der Waals surface area contributed by atoms with E-state index in [0.29, 0.717) is 0 Å². The molecule has 0 radical (unpaired) electrons. The molecule has 1 N–H and O–H groups in total. The van der Waals surface area contributed by atoms with Gasteiger partial charge in [0, 0.05) is 23.3 Å². The predicted octanol–water partition coefficient (Wildman–Crippen LogP) is 4.49. The number of likely N-dealkylation sites (N-methyl/N-ethyl adjacent to an activating group) is 1. The first-order valence-electron chi connectivity index (χ1n) is 6.87. The summed E-state index contributed by atoms with van der Waals surface area (Å²) in [6, 6.07) is 2.04. The number of rotatable bonds is 5. The number of nitrogens with one attached hydrogen (secondary N) is 1. The molecule has 1 nitrogen and oxygen atoms in total. The van der Waals surface area contributed by atoms with Crippen LogP contribution in [0.25, 0.3) is 0 Å². The molecule has 0 spiro atoms.